The molecule has 0 fully saturated rings. The summed E-state index contributed by atoms with van der Waals surface area (Å²) in [5, 5.41) is 11.6. The molecule has 0 unspecified atom stereocenters. The first-order chi connectivity index (χ1) is 11.7. The van der Waals surface area contributed by atoms with Crippen molar-refractivity contribution in [3.8, 4) is 10.6 Å². The van der Waals surface area contributed by atoms with Crippen LogP contribution in [0.2, 0.25) is 0 Å². The molecule has 3 aromatic rings. The van der Waals surface area contributed by atoms with Crippen molar-refractivity contribution in [2.45, 2.75) is 6.61 Å². The molecule has 0 atom stereocenters. The van der Waals surface area contributed by atoms with E-state index in [1.807, 2.05) is 12.1 Å². The fourth-order valence-corrected chi connectivity index (χ4v) is 3.61. The molecule has 5 nitrogen and oxygen atoms in total. The zero-order chi connectivity index (χ0) is 16.7. The summed E-state index contributed by atoms with van der Waals surface area (Å²) in [6, 6.07) is 14.0. The van der Waals surface area contributed by atoms with Crippen molar-refractivity contribution >= 4 is 28.8 Å². The smallest absolute Gasteiger partial charge is 0.266 e. The topological polar surface area (TPSA) is 70.5 Å². The number of rotatable bonds is 3. The third-order valence-corrected chi connectivity index (χ3v) is 4.81. The highest BCUT2D eigenvalue weighted by molar-refractivity contribution is 7.13. The van der Waals surface area contributed by atoms with E-state index in [1.54, 1.807) is 41.8 Å². The SMILES string of the molecule is O=C1c2ccccc2C(=O)N1c1ccccc1-c1nc(CO)cs1. The van der Waals surface area contributed by atoms with Crippen LogP contribution in [0.15, 0.2) is 53.9 Å². The van der Waals surface area contributed by atoms with E-state index < -0.39 is 0 Å². The van der Waals surface area contributed by atoms with Gasteiger partial charge in [-0.25, -0.2) is 9.88 Å². The second-order valence-corrected chi connectivity index (χ2v) is 6.17. The molecule has 0 saturated heterocycles. The summed E-state index contributed by atoms with van der Waals surface area (Å²) in [6.45, 7) is -0.147. The lowest BCUT2D eigenvalue weighted by Crippen LogP contribution is -2.29. The maximum absolute atomic E-state index is 12.7. The molecule has 24 heavy (non-hydrogen) atoms. The Labute approximate surface area is 141 Å². The number of hydrogen-bond acceptors (Lipinski definition) is 5. The first kappa shape index (κ1) is 14.7. The number of para-hydroxylation sites is 1. The fraction of sp³-hybridized carbons (Fsp3) is 0.0556. The number of imide groups is 1. The van der Waals surface area contributed by atoms with Crippen molar-refractivity contribution in [3.05, 3.63) is 70.7 Å². The molecule has 1 aromatic heterocycles. The van der Waals surface area contributed by atoms with Gasteiger partial charge in [0.15, 0.2) is 0 Å². The molecule has 0 saturated carbocycles. The highest BCUT2D eigenvalue weighted by Crippen LogP contribution is 2.37. The third kappa shape index (κ3) is 2.16. The predicted octanol–water partition coefficient (Wildman–Crippen LogP) is 3.10. The summed E-state index contributed by atoms with van der Waals surface area (Å²) in [5.74, 6) is -0.663. The summed E-state index contributed by atoms with van der Waals surface area (Å²) in [4.78, 5) is 30.9. The molecule has 0 bridgehead atoms. The van der Waals surface area contributed by atoms with Gasteiger partial charge in [0.1, 0.15) is 5.01 Å². The lowest BCUT2D eigenvalue weighted by atomic mass is 10.1. The van der Waals surface area contributed by atoms with Gasteiger partial charge in [-0.3, -0.25) is 9.59 Å². The number of aliphatic hydroxyl groups excluding tert-OH is 1. The minimum Gasteiger partial charge on any atom is -0.390 e. The molecule has 2 amide bonds. The van der Waals surface area contributed by atoms with E-state index in [4.69, 9.17) is 0 Å². The maximum Gasteiger partial charge on any atom is 0.266 e. The lowest BCUT2D eigenvalue weighted by Gasteiger charge is -2.17. The van der Waals surface area contributed by atoms with Crippen LogP contribution in [0.5, 0.6) is 0 Å². The molecule has 1 aliphatic rings. The second-order valence-electron chi connectivity index (χ2n) is 5.31. The molecule has 0 spiro atoms. The number of aliphatic hydroxyl groups is 1. The monoisotopic (exact) mass is 336 g/mol. The molecule has 4 rings (SSSR count). The predicted molar refractivity (Wildman–Crippen MR) is 91.1 cm³/mol. The van der Waals surface area contributed by atoms with Gasteiger partial charge in [0, 0.05) is 10.9 Å². The highest BCUT2D eigenvalue weighted by Gasteiger charge is 2.37. The van der Waals surface area contributed by atoms with Crippen LogP contribution in [0.4, 0.5) is 5.69 Å². The molecule has 0 radical (unpaired) electrons. The number of aromatic nitrogens is 1. The summed E-state index contributed by atoms with van der Waals surface area (Å²) in [6.07, 6.45) is 0. The number of carbonyl (C=O) groups excluding carboxylic acids is 2. The Kier molecular flexibility index (Phi) is 3.48. The van der Waals surface area contributed by atoms with Crippen molar-refractivity contribution in [3.63, 3.8) is 0 Å². The Morgan fingerprint density at radius 1 is 0.917 bits per heavy atom. The molecule has 1 N–H and O–H groups in total. The van der Waals surface area contributed by atoms with Crippen molar-refractivity contribution in [1.82, 2.24) is 4.98 Å². The van der Waals surface area contributed by atoms with Crippen LogP contribution in [0.1, 0.15) is 26.4 Å². The van der Waals surface area contributed by atoms with Gasteiger partial charge in [-0.05, 0) is 24.3 Å². The van der Waals surface area contributed by atoms with Crippen molar-refractivity contribution < 1.29 is 14.7 Å². The van der Waals surface area contributed by atoms with E-state index >= 15 is 0 Å². The second kappa shape index (κ2) is 5.67. The van der Waals surface area contributed by atoms with Crippen molar-refractivity contribution in [2.24, 2.45) is 0 Å². The Bertz CT molecular complexity index is 929. The van der Waals surface area contributed by atoms with Gasteiger partial charge in [-0.15, -0.1) is 11.3 Å². The van der Waals surface area contributed by atoms with Crippen molar-refractivity contribution in [2.75, 3.05) is 4.90 Å². The molecule has 2 heterocycles. The Balaban J connectivity index is 1.84. The number of anilines is 1. The molecule has 0 aliphatic carbocycles. The Morgan fingerprint density at radius 3 is 2.08 bits per heavy atom. The highest BCUT2D eigenvalue weighted by atomic mass is 32.1. The van der Waals surface area contributed by atoms with Crippen LogP contribution >= 0.6 is 11.3 Å². The minimum absolute atomic E-state index is 0.147. The van der Waals surface area contributed by atoms with Crippen LogP contribution in [-0.4, -0.2) is 21.9 Å². The van der Waals surface area contributed by atoms with Gasteiger partial charge >= 0.3 is 0 Å². The van der Waals surface area contributed by atoms with Crippen molar-refractivity contribution in [1.29, 1.82) is 0 Å². The van der Waals surface area contributed by atoms with E-state index in [0.717, 1.165) is 0 Å². The number of nitrogens with zero attached hydrogens (tertiary/aromatic N) is 2. The van der Waals surface area contributed by atoms with Gasteiger partial charge < -0.3 is 5.11 Å². The van der Waals surface area contributed by atoms with Gasteiger partial charge in [0.2, 0.25) is 0 Å². The maximum atomic E-state index is 12.7. The molecular formula is C18H12N2O3S. The summed E-state index contributed by atoms with van der Waals surface area (Å²) < 4.78 is 0. The number of thiazole rings is 1. The number of hydrogen-bond donors (Lipinski definition) is 1. The number of benzene rings is 2. The number of fused-ring (bicyclic) bond motifs is 1. The van der Waals surface area contributed by atoms with E-state index in [-0.39, 0.29) is 18.4 Å². The van der Waals surface area contributed by atoms with Crippen LogP contribution in [0, 0.1) is 0 Å². The largest absolute Gasteiger partial charge is 0.390 e. The van der Waals surface area contributed by atoms with Crippen LogP contribution in [-0.2, 0) is 6.61 Å². The van der Waals surface area contributed by atoms with Gasteiger partial charge in [0.05, 0.1) is 29.1 Å². The Morgan fingerprint density at radius 2 is 1.50 bits per heavy atom. The molecule has 1 aliphatic heterocycles. The van der Waals surface area contributed by atoms with E-state index in [0.29, 0.717) is 33.1 Å². The normalized spacial score (nSPS) is 13.5. The third-order valence-electron chi connectivity index (χ3n) is 3.88. The van der Waals surface area contributed by atoms with E-state index in [1.165, 1.54) is 16.2 Å². The summed E-state index contributed by atoms with van der Waals surface area (Å²) in [7, 11) is 0. The zero-order valence-electron chi connectivity index (χ0n) is 12.5. The summed E-state index contributed by atoms with van der Waals surface area (Å²) >= 11 is 1.37. The van der Waals surface area contributed by atoms with Gasteiger partial charge in [-0.1, -0.05) is 24.3 Å². The lowest BCUT2D eigenvalue weighted by molar-refractivity contribution is 0.0926. The average Bonchev–Trinajstić information content (AvgIpc) is 3.19. The first-order valence-electron chi connectivity index (χ1n) is 7.33. The molecule has 118 valence electrons. The molecule has 2 aromatic carbocycles. The van der Waals surface area contributed by atoms with Gasteiger partial charge in [0.25, 0.3) is 11.8 Å². The minimum atomic E-state index is -0.331. The quantitative estimate of drug-likeness (QED) is 0.746. The van der Waals surface area contributed by atoms with Crippen LogP contribution < -0.4 is 4.90 Å². The van der Waals surface area contributed by atoms with E-state index in [9.17, 15) is 14.7 Å². The zero-order valence-corrected chi connectivity index (χ0v) is 13.3. The van der Waals surface area contributed by atoms with Gasteiger partial charge in [-0.2, -0.15) is 0 Å². The van der Waals surface area contributed by atoms with Crippen LogP contribution in [0.3, 0.4) is 0 Å². The molecule has 6 heteroatoms. The molecular weight excluding hydrogens is 324 g/mol. The van der Waals surface area contributed by atoms with Crippen LogP contribution in [0.25, 0.3) is 10.6 Å². The fourth-order valence-electron chi connectivity index (χ4n) is 2.76. The standard InChI is InChI=1S/C18H12N2O3S/c21-9-11-10-24-16(19-11)14-7-3-4-8-15(14)20-17(22)12-5-1-2-6-13(12)18(20)23/h1-8,10,21H,9H2. The Hall–Kier alpha value is -2.83. The number of carbonyl (C=O) groups is 2. The number of amides is 2. The van der Waals surface area contributed by atoms with E-state index in [2.05, 4.69) is 4.98 Å². The first-order valence-corrected chi connectivity index (χ1v) is 8.21. The average molecular weight is 336 g/mol. The summed E-state index contributed by atoms with van der Waals surface area (Å²) in [5.41, 5.74) is 2.58.